The number of rotatable bonds is 3. The van der Waals surface area contributed by atoms with Crippen molar-refractivity contribution in [3.05, 3.63) is 0 Å². The first-order valence-electron chi connectivity index (χ1n) is 7.55. The SMILES string of the molecule is CC1COC(CO)CN1C(=O)NC1CCCCC1C(=O)O. The molecule has 0 aromatic heterocycles. The number of morpholine rings is 1. The number of hydrogen-bond donors (Lipinski definition) is 3. The number of urea groups is 1. The number of nitrogens with zero attached hydrogens (tertiary/aromatic N) is 1. The second kappa shape index (κ2) is 7.09. The molecule has 0 bridgehead atoms. The Kier molecular flexibility index (Phi) is 5.41. The molecule has 1 aliphatic carbocycles. The molecule has 2 fully saturated rings. The number of hydrogen-bond acceptors (Lipinski definition) is 4. The highest BCUT2D eigenvalue weighted by Gasteiger charge is 2.35. The van der Waals surface area contributed by atoms with Crippen LogP contribution in [0.25, 0.3) is 0 Å². The van der Waals surface area contributed by atoms with E-state index >= 15 is 0 Å². The molecule has 1 saturated carbocycles. The summed E-state index contributed by atoms with van der Waals surface area (Å²) in [7, 11) is 0. The van der Waals surface area contributed by atoms with Crippen LogP contribution in [-0.2, 0) is 9.53 Å². The molecule has 0 radical (unpaired) electrons. The second-order valence-electron chi connectivity index (χ2n) is 5.92. The minimum Gasteiger partial charge on any atom is -0.481 e. The van der Waals surface area contributed by atoms with Crippen LogP contribution < -0.4 is 5.32 Å². The third-order valence-electron chi connectivity index (χ3n) is 4.36. The Hall–Kier alpha value is -1.34. The van der Waals surface area contributed by atoms with E-state index in [0.717, 1.165) is 12.8 Å². The Morgan fingerprint density at radius 1 is 1.33 bits per heavy atom. The van der Waals surface area contributed by atoms with Crippen LogP contribution in [0.4, 0.5) is 4.79 Å². The number of aliphatic carboxylic acids is 1. The van der Waals surface area contributed by atoms with Crippen LogP contribution in [0.1, 0.15) is 32.6 Å². The van der Waals surface area contributed by atoms with Gasteiger partial charge in [0, 0.05) is 6.04 Å². The predicted octanol–water partition coefficient (Wildman–Crippen LogP) is 0.421. The molecule has 1 saturated heterocycles. The summed E-state index contributed by atoms with van der Waals surface area (Å²) in [5.41, 5.74) is 0. The van der Waals surface area contributed by atoms with E-state index in [1.807, 2.05) is 6.92 Å². The largest absolute Gasteiger partial charge is 0.481 e. The van der Waals surface area contributed by atoms with Crippen LogP contribution >= 0.6 is 0 Å². The molecule has 2 aliphatic rings. The average Bonchev–Trinajstić information content (AvgIpc) is 2.48. The lowest BCUT2D eigenvalue weighted by atomic mass is 9.84. The summed E-state index contributed by atoms with van der Waals surface area (Å²) in [6.07, 6.45) is 2.77. The summed E-state index contributed by atoms with van der Waals surface area (Å²) >= 11 is 0. The number of nitrogens with one attached hydrogen (secondary N) is 1. The normalized spacial score (nSPS) is 33.5. The number of aliphatic hydroxyl groups is 1. The zero-order valence-electron chi connectivity index (χ0n) is 12.3. The molecule has 1 aliphatic heterocycles. The Morgan fingerprint density at radius 3 is 2.71 bits per heavy atom. The minimum absolute atomic E-state index is 0.0836. The predicted molar refractivity (Wildman–Crippen MR) is 74.9 cm³/mol. The van der Waals surface area contributed by atoms with Gasteiger partial charge in [-0.25, -0.2) is 4.79 Å². The van der Waals surface area contributed by atoms with Gasteiger partial charge in [0.25, 0.3) is 0 Å². The molecule has 2 rings (SSSR count). The van der Waals surface area contributed by atoms with Crippen molar-refractivity contribution in [1.82, 2.24) is 10.2 Å². The average molecular weight is 300 g/mol. The maximum Gasteiger partial charge on any atom is 0.318 e. The number of carboxylic acid groups (broad SMARTS) is 1. The van der Waals surface area contributed by atoms with Gasteiger partial charge in [-0.15, -0.1) is 0 Å². The molecular formula is C14H24N2O5. The van der Waals surface area contributed by atoms with E-state index in [0.29, 0.717) is 26.0 Å². The Balaban J connectivity index is 1.97. The van der Waals surface area contributed by atoms with Crippen LogP contribution in [-0.4, -0.2) is 65.1 Å². The van der Waals surface area contributed by atoms with Gasteiger partial charge in [0.2, 0.25) is 0 Å². The highest BCUT2D eigenvalue weighted by atomic mass is 16.5. The van der Waals surface area contributed by atoms with Gasteiger partial charge in [-0.1, -0.05) is 12.8 Å². The van der Waals surface area contributed by atoms with Gasteiger partial charge in [-0.2, -0.15) is 0 Å². The van der Waals surface area contributed by atoms with Crippen molar-refractivity contribution in [3.8, 4) is 0 Å². The van der Waals surface area contributed by atoms with Crippen LogP contribution in [0.3, 0.4) is 0 Å². The number of carboxylic acids is 1. The minimum atomic E-state index is -0.844. The molecule has 0 aromatic rings. The summed E-state index contributed by atoms with van der Waals surface area (Å²) in [6.45, 7) is 2.46. The summed E-state index contributed by atoms with van der Waals surface area (Å²) in [5.74, 6) is -1.35. The lowest BCUT2D eigenvalue weighted by Gasteiger charge is -2.39. The van der Waals surface area contributed by atoms with Crippen molar-refractivity contribution in [2.24, 2.45) is 5.92 Å². The van der Waals surface area contributed by atoms with Crippen molar-refractivity contribution in [3.63, 3.8) is 0 Å². The third kappa shape index (κ3) is 3.85. The smallest absolute Gasteiger partial charge is 0.318 e. The van der Waals surface area contributed by atoms with Gasteiger partial charge < -0.3 is 25.2 Å². The fourth-order valence-corrected chi connectivity index (χ4v) is 3.05. The number of carbonyl (C=O) groups is 2. The number of aliphatic hydroxyl groups excluding tert-OH is 1. The maximum absolute atomic E-state index is 12.4. The number of ether oxygens (including phenoxy) is 1. The molecule has 1 heterocycles. The lowest BCUT2D eigenvalue weighted by Crippen LogP contribution is -2.58. The molecule has 120 valence electrons. The fraction of sp³-hybridized carbons (Fsp3) is 0.857. The van der Waals surface area contributed by atoms with Crippen molar-refractivity contribution in [2.45, 2.75) is 50.8 Å². The maximum atomic E-state index is 12.4. The van der Waals surface area contributed by atoms with Crippen molar-refractivity contribution < 1.29 is 24.5 Å². The molecule has 4 unspecified atom stereocenters. The Morgan fingerprint density at radius 2 is 2.05 bits per heavy atom. The second-order valence-corrected chi connectivity index (χ2v) is 5.92. The van der Waals surface area contributed by atoms with Crippen LogP contribution in [0.2, 0.25) is 0 Å². The van der Waals surface area contributed by atoms with E-state index < -0.39 is 11.9 Å². The lowest BCUT2D eigenvalue weighted by molar-refractivity contribution is -0.143. The van der Waals surface area contributed by atoms with E-state index in [9.17, 15) is 14.7 Å². The molecule has 21 heavy (non-hydrogen) atoms. The summed E-state index contributed by atoms with van der Waals surface area (Å²) in [5, 5.41) is 21.3. The molecule has 7 nitrogen and oxygen atoms in total. The molecule has 2 amide bonds. The van der Waals surface area contributed by atoms with Crippen molar-refractivity contribution in [2.75, 3.05) is 19.8 Å². The standard InChI is InChI=1S/C14H24N2O5/c1-9-8-21-10(7-17)6-16(9)14(20)15-12-5-3-2-4-11(12)13(18)19/h9-12,17H,2-8H2,1H3,(H,15,20)(H,18,19). The van der Waals surface area contributed by atoms with Crippen molar-refractivity contribution >= 4 is 12.0 Å². The van der Waals surface area contributed by atoms with Gasteiger partial charge in [-0.3, -0.25) is 4.79 Å². The van der Waals surface area contributed by atoms with E-state index in [1.54, 1.807) is 4.90 Å². The zero-order chi connectivity index (χ0) is 15.4. The van der Waals surface area contributed by atoms with Gasteiger partial charge in [-0.05, 0) is 19.8 Å². The van der Waals surface area contributed by atoms with E-state index in [2.05, 4.69) is 5.32 Å². The first-order chi connectivity index (χ1) is 10.0. The van der Waals surface area contributed by atoms with Crippen LogP contribution in [0.15, 0.2) is 0 Å². The van der Waals surface area contributed by atoms with Gasteiger partial charge in [0.1, 0.15) is 0 Å². The van der Waals surface area contributed by atoms with E-state index in [-0.39, 0.29) is 30.8 Å². The first-order valence-corrected chi connectivity index (χ1v) is 7.55. The fourth-order valence-electron chi connectivity index (χ4n) is 3.05. The van der Waals surface area contributed by atoms with Crippen LogP contribution in [0, 0.1) is 5.92 Å². The molecule has 3 N–H and O–H groups in total. The topological polar surface area (TPSA) is 99.1 Å². The van der Waals surface area contributed by atoms with Crippen molar-refractivity contribution in [1.29, 1.82) is 0 Å². The van der Waals surface area contributed by atoms with Gasteiger partial charge in [0.05, 0.1) is 37.8 Å². The van der Waals surface area contributed by atoms with E-state index in [1.165, 1.54) is 0 Å². The quantitative estimate of drug-likeness (QED) is 0.701. The molecule has 0 spiro atoms. The molecular weight excluding hydrogens is 276 g/mol. The highest BCUT2D eigenvalue weighted by molar-refractivity contribution is 5.77. The summed E-state index contributed by atoms with van der Waals surface area (Å²) in [4.78, 5) is 25.3. The van der Waals surface area contributed by atoms with E-state index in [4.69, 9.17) is 9.84 Å². The summed E-state index contributed by atoms with van der Waals surface area (Å²) in [6, 6.07) is -0.659. The highest BCUT2D eigenvalue weighted by Crippen LogP contribution is 2.25. The van der Waals surface area contributed by atoms with Gasteiger partial charge >= 0.3 is 12.0 Å². The first kappa shape index (κ1) is 16.0. The molecule has 4 atom stereocenters. The Bertz CT molecular complexity index is 390. The number of carbonyl (C=O) groups excluding carboxylic acids is 1. The van der Waals surface area contributed by atoms with Gasteiger partial charge in [0.15, 0.2) is 0 Å². The summed E-state index contributed by atoms with van der Waals surface area (Å²) < 4.78 is 5.40. The zero-order valence-corrected chi connectivity index (χ0v) is 12.3. The third-order valence-corrected chi connectivity index (χ3v) is 4.36. The van der Waals surface area contributed by atoms with Crippen LogP contribution in [0.5, 0.6) is 0 Å². The molecule has 7 heteroatoms. The Labute approximate surface area is 124 Å². The number of amides is 2. The monoisotopic (exact) mass is 300 g/mol. The molecule has 0 aromatic carbocycles.